The smallest absolute Gasteiger partial charge is 0.311 e. The van der Waals surface area contributed by atoms with Gasteiger partial charge >= 0.3 is 11.9 Å². The predicted molar refractivity (Wildman–Crippen MR) is 102 cm³/mol. The zero-order valence-corrected chi connectivity index (χ0v) is 15.6. The molecule has 0 N–H and O–H groups in total. The fourth-order valence-electron chi connectivity index (χ4n) is 2.31. The van der Waals surface area contributed by atoms with Crippen molar-refractivity contribution in [3.63, 3.8) is 0 Å². The highest BCUT2D eigenvalue weighted by atomic mass is 16.5. The van der Waals surface area contributed by atoms with E-state index in [2.05, 4.69) is 0 Å². The Morgan fingerprint density at radius 2 is 1.38 bits per heavy atom. The van der Waals surface area contributed by atoms with E-state index in [-0.39, 0.29) is 36.8 Å². The Morgan fingerprint density at radius 1 is 0.808 bits per heavy atom. The van der Waals surface area contributed by atoms with Gasteiger partial charge < -0.3 is 9.47 Å². The summed E-state index contributed by atoms with van der Waals surface area (Å²) in [6, 6.07) is 17.4. The maximum Gasteiger partial charge on any atom is 0.311 e. The zero-order valence-electron chi connectivity index (χ0n) is 15.6. The molecule has 0 spiro atoms. The molecule has 4 heteroatoms. The first kappa shape index (κ1) is 19.7. The average molecular weight is 354 g/mol. The van der Waals surface area contributed by atoms with Gasteiger partial charge in [-0.05, 0) is 42.5 Å². The number of benzene rings is 2. The molecule has 0 aliphatic carbocycles. The van der Waals surface area contributed by atoms with Crippen LogP contribution in [-0.4, -0.2) is 18.0 Å². The highest BCUT2D eigenvalue weighted by Gasteiger charge is 2.14. The minimum atomic E-state index is -0.345. The van der Waals surface area contributed by atoms with Gasteiger partial charge in [0.05, 0.1) is 0 Å². The molecule has 0 saturated heterocycles. The van der Waals surface area contributed by atoms with Crippen LogP contribution in [0.4, 0.5) is 0 Å². The van der Waals surface area contributed by atoms with Crippen molar-refractivity contribution in [3.05, 3.63) is 54.6 Å². The van der Waals surface area contributed by atoms with Crippen molar-refractivity contribution in [2.24, 2.45) is 5.92 Å². The molecular weight excluding hydrogens is 328 g/mol. The molecule has 138 valence electrons. The molecule has 0 amide bonds. The highest BCUT2D eigenvalue weighted by Crippen LogP contribution is 2.22. The fraction of sp³-hybridized carbons (Fsp3) is 0.364. The summed E-state index contributed by atoms with van der Waals surface area (Å²) >= 11 is 0. The molecule has 0 heterocycles. The predicted octanol–water partition coefficient (Wildman–Crippen LogP) is 5.02. The molecular formula is C22H26O4. The van der Waals surface area contributed by atoms with Crippen LogP contribution in [0.25, 0.3) is 11.1 Å². The Morgan fingerprint density at radius 3 is 2.00 bits per heavy atom. The molecule has 2 aromatic rings. The Bertz CT molecular complexity index is 705. The van der Waals surface area contributed by atoms with Gasteiger partial charge in [0.2, 0.25) is 0 Å². The maximum atomic E-state index is 11.9. The van der Waals surface area contributed by atoms with Gasteiger partial charge in [-0.2, -0.15) is 0 Å². The topological polar surface area (TPSA) is 52.6 Å². The summed E-state index contributed by atoms with van der Waals surface area (Å²) in [6.45, 7) is 5.87. The van der Waals surface area contributed by atoms with Crippen molar-refractivity contribution >= 4 is 11.9 Å². The quantitative estimate of drug-likeness (QED) is 0.493. The molecule has 0 aliphatic rings. The molecule has 1 unspecified atom stereocenters. The van der Waals surface area contributed by atoms with Gasteiger partial charge in [0.1, 0.15) is 11.9 Å². The van der Waals surface area contributed by atoms with Crippen LogP contribution >= 0.6 is 0 Å². The third kappa shape index (κ3) is 6.36. The summed E-state index contributed by atoms with van der Waals surface area (Å²) in [4.78, 5) is 23.6. The molecule has 0 bridgehead atoms. The van der Waals surface area contributed by atoms with E-state index >= 15 is 0 Å². The van der Waals surface area contributed by atoms with E-state index in [9.17, 15) is 9.59 Å². The van der Waals surface area contributed by atoms with Gasteiger partial charge in [-0.15, -0.1) is 0 Å². The Hall–Kier alpha value is -2.62. The molecule has 0 aliphatic heterocycles. The van der Waals surface area contributed by atoms with Gasteiger partial charge in [-0.1, -0.05) is 56.3 Å². The van der Waals surface area contributed by atoms with Gasteiger partial charge in [0.15, 0.2) is 0 Å². The Labute approximate surface area is 155 Å². The molecule has 26 heavy (non-hydrogen) atoms. The van der Waals surface area contributed by atoms with E-state index in [1.54, 1.807) is 12.1 Å². The standard InChI is InChI=1S/C22H26O4/c1-16(2)17(3)25-21(23)10-7-11-22(24)26-20-14-12-19(13-15-20)18-8-5-4-6-9-18/h4-6,8-9,12-17H,7,10-11H2,1-3H3. The number of hydrogen-bond donors (Lipinski definition) is 0. The van der Waals surface area contributed by atoms with E-state index in [0.29, 0.717) is 12.2 Å². The molecule has 2 rings (SSSR count). The van der Waals surface area contributed by atoms with Crippen LogP contribution in [0.1, 0.15) is 40.0 Å². The molecule has 0 saturated carbocycles. The lowest BCUT2D eigenvalue weighted by Gasteiger charge is -2.16. The summed E-state index contributed by atoms with van der Waals surface area (Å²) in [5.74, 6) is 0.168. The van der Waals surface area contributed by atoms with Crippen LogP contribution in [-0.2, 0) is 14.3 Å². The van der Waals surface area contributed by atoms with Gasteiger partial charge in [-0.3, -0.25) is 9.59 Å². The first-order valence-corrected chi connectivity index (χ1v) is 9.01. The first-order valence-electron chi connectivity index (χ1n) is 9.01. The van der Waals surface area contributed by atoms with Crippen LogP contribution in [0.3, 0.4) is 0 Å². The molecule has 1 atom stereocenters. The van der Waals surface area contributed by atoms with Crippen molar-refractivity contribution in [2.45, 2.75) is 46.1 Å². The summed E-state index contributed by atoms with van der Waals surface area (Å²) in [5, 5.41) is 0. The van der Waals surface area contributed by atoms with E-state index in [4.69, 9.17) is 9.47 Å². The van der Waals surface area contributed by atoms with Crippen LogP contribution < -0.4 is 4.74 Å². The van der Waals surface area contributed by atoms with Gasteiger partial charge in [0.25, 0.3) is 0 Å². The molecule has 0 aromatic heterocycles. The van der Waals surface area contributed by atoms with Gasteiger partial charge in [-0.25, -0.2) is 0 Å². The lowest BCUT2D eigenvalue weighted by atomic mass is 10.1. The second-order valence-electron chi connectivity index (χ2n) is 6.66. The second-order valence-corrected chi connectivity index (χ2v) is 6.66. The fourth-order valence-corrected chi connectivity index (χ4v) is 2.31. The second kappa shape index (κ2) is 9.76. The number of carbonyl (C=O) groups excluding carboxylic acids is 2. The lowest BCUT2D eigenvalue weighted by molar-refractivity contribution is -0.150. The van der Waals surface area contributed by atoms with Gasteiger partial charge in [0, 0.05) is 12.8 Å². The number of ether oxygens (including phenoxy) is 2. The van der Waals surface area contributed by atoms with E-state index in [0.717, 1.165) is 11.1 Å². The molecule has 0 radical (unpaired) electrons. The summed E-state index contributed by atoms with van der Waals surface area (Å²) in [7, 11) is 0. The lowest BCUT2D eigenvalue weighted by Crippen LogP contribution is -2.20. The van der Waals surface area contributed by atoms with Crippen molar-refractivity contribution < 1.29 is 19.1 Å². The highest BCUT2D eigenvalue weighted by molar-refractivity contribution is 5.74. The average Bonchev–Trinajstić information content (AvgIpc) is 2.63. The summed E-state index contributed by atoms with van der Waals surface area (Å²) in [5.41, 5.74) is 2.17. The SMILES string of the molecule is CC(C)C(C)OC(=O)CCCC(=O)Oc1ccc(-c2ccccc2)cc1. The van der Waals surface area contributed by atoms with Crippen LogP contribution in [0, 0.1) is 5.92 Å². The van der Waals surface area contributed by atoms with E-state index in [1.165, 1.54) is 0 Å². The third-order valence-electron chi connectivity index (χ3n) is 4.21. The third-order valence-corrected chi connectivity index (χ3v) is 4.21. The van der Waals surface area contributed by atoms with Crippen molar-refractivity contribution in [1.82, 2.24) is 0 Å². The first-order chi connectivity index (χ1) is 12.5. The molecule has 4 nitrogen and oxygen atoms in total. The van der Waals surface area contributed by atoms with Crippen molar-refractivity contribution in [1.29, 1.82) is 0 Å². The number of carbonyl (C=O) groups is 2. The maximum absolute atomic E-state index is 11.9. The van der Waals surface area contributed by atoms with Crippen LogP contribution in [0.15, 0.2) is 54.6 Å². The number of esters is 2. The Balaban J connectivity index is 1.75. The van der Waals surface area contributed by atoms with Crippen LogP contribution in [0.5, 0.6) is 5.75 Å². The minimum Gasteiger partial charge on any atom is -0.462 e. The van der Waals surface area contributed by atoms with Crippen molar-refractivity contribution in [3.8, 4) is 16.9 Å². The number of hydrogen-bond acceptors (Lipinski definition) is 4. The molecule has 0 fully saturated rings. The summed E-state index contributed by atoms with van der Waals surface area (Å²) < 4.78 is 10.6. The normalized spacial score (nSPS) is 11.8. The number of rotatable bonds is 8. The zero-order chi connectivity index (χ0) is 18.9. The monoisotopic (exact) mass is 354 g/mol. The van der Waals surface area contributed by atoms with Crippen LogP contribution in [0.2, 0.25) is 0 Å². The van der Waals surface area contributed by atoms with Crippen molar-refractivity contribution in [2.75, 3.05) is 0 Å². The minimum absolute atomic E-state index is 0.113. The van der Waals surface area contributed by atoms with E-state index in [1.807, 2.05) is 63.2 Å². The van der Waals surface area contributed by atoms with E-state index < -0.39 is 0 Å². The summed E-state index contributed by atoms with van der Waals surface area (Å²) in [6.07, 6.45) is 0.715. The Kier molecular flexibility index (Phi) is 7.39. The molecule has 2 aromatic carbocycles. The largest absolute Gasteiger partial charge is 0.462 e.